The van der Waals surface area contributed by atoms with Crippen LogP contribution in [-0.2, 0) is 17.2 Å². The van der Waals surface area contributed by atoms with Crippen molar-refractivity contribution in [2.75, 3.05) is 0 Å². The van der Waals surface area contributed by atoms with E-state index in [0.717, 1.165) is 0 Å². The molecule has 0 unspecified atom stereocenters. The van der Waals surface area contributed by atoms with Crippen LogP contribution in [0.1, 0.15) is 0 Å². The van der Waals surface area contributed by atoms with Gasteiger partial charge in [0.15, 0.2) is 0 Å². The van der Waals surface area contributed by atoms with Gasteiger partial charge in [-0.25, -0.2) is 0 Å². The van der Waals surface area contributed by atoms with Crippen LogP contribution in [-0.4, -0.2) is 35.4 Å². The Morgan fingerprint density at radius 2 is 1.07 bits per heavy atom. The minimum absolute atomic E-state index is 1.18. The molecule has 0 radical (unpaired) electrons. The van der Waals surface area contributed by atoms with Gasteiger partial charge in [0, 0.05) is 0 Å². The molecule has 0 saturated carbocycles. The summed E-state index contributed by atoms with van der Waals surface area (Å²) in [4.78, 5) is 21.6. The molecule has 0 aliphatic rings. The summed E-state index contributed by atoms with van der Waals surface area (Å²) >= 11 is 29.3. The molecule has 0 heterocycles. The van der Waals surface area contributed by atoms with Gasteiger partial charge in [-0.05, 0) is 0 Å². The van der Waals surface area contributed by atoms with Crippen LogP contribution in [0.4, 0.5) is 0 Å². The van der Waals surface area contributed by atoms with Crippen molar-refractivity contribution in [3.63, 3.8) is 0 Å². The molecule has 4 nitrogen and oxygen atoms in total. The van der Waals surface area contributed by atoms with Gasteiger partial charge in [-0.1, -0.05) is 0 Å². The number of carbonyl (C=O) groups is 2. The van der Waals surface area contributed by atoms with Gasteiger partial charge in [-0.3, -0.25) is 0 Å². The molecule has 0 N–H and O–H groups in total. The van der Waals surface area contributed by atoms with Crippen LogP contribution in [0, 0.1) is 0 Å². The fourth-order valence-electron chi connectivity index (χ4n) is 0.245. The quantitative estimate of drug-likeness (QED) is 0.566. The third kappa shape index (κ3) is 7.19. The van der Waals surface area contributed by atoms with E-state index in [1.807, 2.05) is 0 Å². The first-order chi connectivity index (χ1) is 6.55. The molecule has 0 spiro atoms. The molecule has 0 bridgehead atoms. The average Bonchev–Trinajstić information content (AvgIpc) is 2.00. The van der Waals surface area contributed by atoms with Gasteiger partial charge in [0.05, 0.1) is 0 Å². The zero-order valence-electron chi connectivity index (χ0n) is 6.48. The van der Waals surface area contributed by atoms with Gasteiger partial charge in [0.25, 0.3) is 0 Å². The third-order valence-corrected chi connectivity index (χ3v) is 2.32. The van der Waals surface area contributed by atoms with Gasteiger partial charge in [-0.15, -0.1) is 0 Å². The van der Waals surface area contributed by atoms with Crippen molar-refractivity contribution in [2.24, 2.45) is 0 Å². The molecular weight excluding hydrogens is 352 g/mol. The molecule has 0 aromatic heterocycles. The number of carbonyl (C=O) groups excluding carboxylic acids is 2. The van der Waals surface area contributed by atoms with Crippen molar-refractivity contribution in [3.05, 3.63) is 0 Å². The number of rotatable bonds is 2. The fraction of sp³-hybridized carbons (Fsp3) is 0.500. The Morgan fingerprint density at radius 1 is 0.800 bits per heavy atom. The zero-order valence-corrected chi connectivity index (χ0v) is 12.2. The molecule has 0 rings (SSSR count). The van der Waals surface area contributed by atoms with Crippen LogP contribution in [0.2, 0.25) is 0 Å². The predicted molar refractivity (Wildman–Crippen MR) is 58.5 cm³/mol. The molecule has 0 atom stereocenters. The summed E-state index contributed by atoms with van der Waals surface area (Å²) in [5.41, 5.74) is 0. The molecule has 0 aliphatic carbocycles. The van der Waals surface area contributed by atoms with Crippen molar-refractivity contribution >= 4 is 97.4 Å². The molecule has 0 fully saturated rings. The second-order valence-corrected chi connectivity index (χ2v) is 7.13. The Labute approximate surface area is 121 Å². The van der Waals surface area contributed by atoms with Crippen LogP contribution in [0.5, 0.6) is 0 Å². The Bertz CT molecular complexity index is 231. The van der Waals surface area contributed by atoms with E-state index in [4.69, 9.17) is 69.6 Å². The summed E-state index contributed by atoms with van der Waals surface area (Å²) in [6.45, 7) is 0. The summed E-state index contributed by atoms with van der Waals surface area (Å²) < 4.78 is 4.13. The Hall–Kier alpha value is 1.21. The Kier molecular flexibility index (Phi) is 6.73. The van der Waals surface area contributed by atoms with E-state index in [0.29, 0.717) is 0 Å². The summed E-state index contributed by atoms with van der Waals surface area (Å²) in [5, 5.41) is 0. The molecule has 0 amide bonds. The zero-order chi connectivity index (χ0) is 12.3. The Balaban J connectivity index is 3.92. The van der Waals surface area contributed by atoms with Gasteiger partial charge >= 0.3 is 122 Å². The fourth-order valence-corrected chi connectivity index (χ4v) is 1.54. The van der Waals surface area contributed by atoms with Crippen LogP contribution in [0.15, 0.2) is 0 Å². The van der Waals surface area contributed by atoms with Crippen molar-refractivity contribution in [1.29, 1.82) is 0 Å². The molecule has 11 heteroatoms. The van der Waals surface area contributed by atoms with E-state index >= 15 is 0 Å². The van der Waals surface area contributed by atoms with E-state index in [-0.39, 0.29) is 0 Å². The van der Waals surface area contributed by atoms with Crippen LogP contribution in [0.3, 0.4) is 0 Å². The van der Waals surface area contributed by atoms with Crippen LogP contribution < -0.4 is 0 Å². The normalized spacial score (nSPS) is 11.6. The summed E-state index contributed by atoms with van der Waals surface area (Å²) in [5.74, 6) is -2.36. The second kappa shape index (κ2) is 6.23. The van der Waals surface area contributed by atoms with E-state index in [9.17, 15) is 9.59 Å². The van der Waals surface area contributed by atoms with Crippen molar-refractivity contribution in [2.45, 2.75) is 7.59 Å². The summed E-state index contributed by atoms with van der Waals surface area (Å²) in [7, 11) is 0. The van der Waals surface area contributed by atoms with Gasteiger partial charge in [0.1, 0.15) is 0 Å². The number of halogens is 6. The van der Waals surface area contributed by atoms with Gasteiger partial charge in [0.2, 0.25) is 0 Å². The third-order valence-electron chi connectivity index (χ3n) is 0.773. The summed E-state index contributed by atoms with van der Waals surface area (Å²) in [6.07, 6.45) is 0. The number of hydrogen-bond donors (Lipinski definition) is 0. The van der Waals surface area contributed by atoms with Gasteiger partial charge in [-0.2, -0.15) is 0 Å². The standard InChI is InChI=1S/2C2HCl3O2.Al/c2*3-2(4,5)1(6)7;/h2*(H,6,7);/q;;+3/p-2. The SMILES string of the molecule is O=C([O][Al+][O]C(=O)C(Cl)(Cl)Cl)C(Cl)(Cl)Cl. The number of alkyl halides is 6. The van der Waals surface area contributed by atoms with E-state index in [1.165, 1.54) is 0 Å². The first-order valence-corrected chi connectivity index (χ1v) is 6.13. The molecule has 0 aromatic rings. The first kappa shape index (κ1) is 16.2. The van der Waals surface area contributed by atoms with Crippen molar-refractivity contribution in [1.82, 2.24) is 0 Å². The minimum atomic E-state index is -2.24. The van der Waals surface area contributed by atoms with Crippen LogP contribution >= 0.6 is 69.6 Å². The molecule has 0 aliphatic heterocycles. The second-order valence-electron chi connectivity index (χ2n) is 1.90. The monoisotopic (exact) mass is 349 g/mol. The Morgan fingerprint density at radius 3 is 1.27 bits per heavy atom. The maximum absolute atomic E-state index is 10.8. The number of hydrogen-bond acceptors (Lipinski definition) is 4. The van der Waals surface area contributed by atoms with E-state index in [1.54, 1.807) is 0 Å². The molecule has 15 heavy (non-hydrogen) atoms. The summed E-state index contributed by atoms with van der Waals surface area (Å²) in [6, 6.07) is 0. The maximum atomic E-state index is 10.8. The van der Waals surface area contributed by atoms with Crippen molar-refractivity contribution in [3.8, 4) is 0 Å². The molecular formula is C4AlCl6O4+. The van der Waals surface area contributed by atoms with Crippen LogP contribution in [0.25, 0.3) is 0 Å². The van der Waals surface area contributed by atoms with Gasteiger partial charge < -0.3 is 0 Å². The van der Waals surface area contributed by atoms with E-state index in [2.05, 4.69) is 7.58 Å². The average molecular weight is 352 g/mol. The van der Waals surface area contributed by atoms with Crippen molar-refractivity contribution < 1.29 is 17.2 Å². The molecule has 0 saturated heterocycles. The molecule has 0 aromatic carbocycles. The first-order valence-electron chi connectivity index (χ1n) is 2.92. The predicted octanol–water partition coefficient (Wildman–Crippen LogP) is 2.35. The van der Waals surface area contributed by atoms with E-state index < -0.39 is 35.4 Å². The molecule has 84 valence electrons. The topological polar surface area (TPSA) is 52.6 Å².